The van der Waals surface area contributed by atoms with Gasteiger partial charge in [-0.3, -0.25) is 9.59 Å². The van der Waals surface area contributed by atoms with Gasteiger partial charge in [-0.05, 0) is 30.5 Å². The number of nitrogens with zero attached hydrogens (tertiary/aromatic N) is 1. The van der Waals surface area contributed by atoms with Crippen LogP contribution in [0.1, 0.15) is 30.5 Å². The van der Waals surface area contributed by atoms with E-state index in [4.69, 9.17) is 4.74 Å². The molecule has 0 aliphatic carbocycles. The Morgan fingerprint density at radius 2 is 2.00 bits per heavy atom. The van der Waals surface area contributed by atoms with Crippen LogP contribution in [0.3, 0.4) is 0 Å². The molecule has 2 aromatic rings. The molecule has 27 heavy (non-hydrogen) atoms. The van der Waals surface area contributed by atoms with E-state index in [2.05, 4.69) is 10.6 Å². The first-order chi connectivity index (χ1) is 13.2. The van der Waals surface area contributed by atoms with Crippen LogP contribution in [0.15, 0.2) is 53.3 Å². The van der Waals surface area contributed by atoms with Crippen molar-refractivity contribution in [1.29, 1.82) is 0 Å². The molecule has 1 aromatic heterocycles. The number of para-hydroxylation sites is 1. The minimum absolute atomic E-state index is 0.00302. The van der Waals surface area contributed by atoms with E-state index in [1.54, 1.807) is 6.07 Å². The number of pyridine rings is 1. The Morgan fingerprint density at radius 1 is 1.15 bits per heavy atom. The zero-order chi connectivity index (χ0) is 18.6. The summed E-state index contributed by atoms with van der Waals surface area (Å²) in [5.41, 5.74) is 1.10. The number of fused-ring (bicyclic) bond motifs is 4. The lowest BCUT2D eigenvalue weighted by Gasteiger charge is -2.43. The van der Waals surface area contributed by atoms with Crippen LogP contribution in [0.25, 0.3) is 0 Å². The van der Waals surface area contributed by atoms with E-state index in [0.717, 1.165) is 31.0 Å². The van der Waals surface area contributed by atoms with Crippen LogP contribution in [-0.2, 0) is 4.79 Å². The Bertz CT molecular complexity index is 849. The highest BCUT2D eigenvalue weighted by atomic mass is 16.5. The first-order valence-electron chi connectivity index (χ1n) is 9.59. The number of piperidine rings is 1. The highest BCUT2D eigenvalue weighted by Gasteiger charge is 2.37. The molecule has 6 nitrogen and oxygen atoms in total. The Morgan fingerprint density at radius 3 is 2.85 bits per heavy atom. The first-order valence-corrected chi connectivity index (χ1v) is 9.59. The molecular weight excluding hydrogens is 342 g/mol. The highest BCUT2D eigenvalue weighted by molar-refractivity contribution is 5.76. The van der Waals surface area contributed by atoms with Gasteiger partial charge in [0.1, 0.15) is 5.75 Å². The fourth-order valence-electron chi connectivity index (χ4n) is 4.25. The highest BCUT2D eigenvalue weighted by Crippen LogP contribution is 2.37. The molecule has 1 saturated heterocycles. The van der Waals surface area contributed by atoms with E-state index < -0.39 is 0 Å². The van der Waals surface area contributed by atoms with Crippen molar-refractivity contribution in [3.63, 3.8) is 0 Å². The number of amides is 1. The maximum atomic E-state index is 12.5. The summed E-state index contributed by atoms with van der Waals surface area (Å²) >= 11 is 0. The number of benzene rings is 1. The Kier molecular flexibility index (Phi) is 5.25. The van der Waals surface area contributed by atoms with E-state index >= 15 is 0 Å². The van der Waals surface area contributed by atoms with Gasteiger partial charge in [0.05, 0.1) is 19.1 Å². The molecule has 2 N–H and O–H groups in total. The molecule has 0 spiro atoms. The lowest BCUT2D eigenvalue weighted by Crippen LogP contribution is -2.50. The third-order valence-corrected chi connectivity index (χ3v) is 5.55. The van der Waals surface area contributed by atoms with Gasteiger partial charge in [0.2, 0.25) is 5.91 Å². The topological polar surface area (TPSA) is 72.4 Å². The van der Waals surface area contributed by atoms with Gasteiger partial charge in [-0.1, -0.05) is 24.3 Å². The second-order valence-corrected chi connectivity index (χ2v) is 7.29. The van der Waals surface area contributed by atoms with Gasteiger partial charge >= 0.3 is 0 Å². The molecule has 1 aromatic carbocycles. The average Bonchev–Trinajstić information content (AvgIpc) is 2.69. The summed E-state index contributed by atoms with van der Waals surface area (Å²) in [6.45, 7) is 2.61. The van der Waals surface area contributed by atoms with Crippen LogP contribution < -0.4 is 20.9 Å². The van der Waals surface area contributed by atoms with Crippen LogP contribution >= 0.6 is 0 Å². The van der Waals surface area contributed by atoms with Crippen molar-refractivity contribution >= 4 is 5.91 Å². The Hall–Kier alpha value is -2.60. The van der Waals surface area contributed by atoms with Gasteiger partial charge in [0.25, 0.3) is 5.56 Å². The molecule has 3 atom stereocenters. The van der Waals surface area contributed by atoms with Crippen molar-refractivity contribution in [2.75, 3.05) is 26.2 Å². The normalized spacial score (nSPS) is 23.3. The fraction of sp³-hybridized carbons (Fsp3) is 0.429. The maximum absolute atomic E-state index is 12.5. The third kappa shape index (κ3) is 3.90. The quantitative estimate of drug-likeness (QED) is 0.815. The van der Waals surface area contributed by atoms with Crippen molar-refractivity contribution in [1.82, 2.24) is 15.2 Å². The summed E-state index contributed by atoms with van der Waals surface area (Å²) in [4.78, 5) is 24.7. The molecule has 2 bridgehead atoms. The molecule has 6 heteroatoms. The summed E-state index contributed by atoms with van der Waals surface area (Å²) in [7, 11) is 0. The SMILES string of the molecule is O=C(CCOc1ccccc1)NC[C@H]1[C@@H]2CNC[C@@H](C2)c2cccc(=O)n21. The maximum Gasteiger partial charge on any atom is 0.251 e. The number of hydrogen-bond donors (Lipinski definition) is 2. The van der Waals surface area contributed by atoms with Gasteiger partial charge in [0.15, 0.2) is 0 Å². The molecule has 4 rings (SSSR count). The van der Waals surface area contributed by atoms with Gasteiger partial charge < -0.3 is 19.9 Å². The minimum Gasteiger partial charge on any atom is -0.493 e. The second-order valence-electron chi connectivity index (χ2n) is 7.29. The predicted molar refractivity (Wildman–Crippen MR) is 103 cm³/mol. The largest absolute Gasteiger partial charge is 0.493 e. The number of carbonyl (C=O) groups excluding carboxylic acids is 1. The van der Waals surface area contributed by atoms with E-state index in [1.807, 2.05) is 47.0 Å². The number of hydrogen-bond acceptors (Lipinski definition) is 4. The third-order valence-electron chi connectivity index (χ3n) is 5.55. The van der Waals surface area contributed by atoms with Crippen LogP contribution in [0.5, 0.6) is 5.75 Å². The van der Waals surface area contributed by atoms with Crippen LogP contribution in [0.4, 0.5) is 0 Å². The van der Waals surface area contributed by atoms with Gasteiger partial charge in [0, 0.05) is 37.3 Å². The molecule has 0 saturated carbocycles. The van der Waals surface area contributed by atoms with Crippen molar-refractivity contribution in [3.8, 4) is 5.75 Å². The lowest BCUT2D eigenvalue weighted by molar-refractivity contribution is -0.121. The van der Waals surface area contributed by atoms with E-state index in [1.165, 1.54) is 0 Å². The molecule has 2 aliphatic heterocycles. The summed E-state index contributed by atoms with van der Waals surface area (Å²) in [6, 6.07) is 15.0. The Labute approximate surface area is 158 Å². The zero-order valence-corrected chi connectivity index (χ0v) is 15.3. The van der Waals surface area contributed by atoms with E-state index in [9.17, 15) is 9.59 Å². The lowest BCUT2D eigenvalue weighted by atomic mass is 9.79. The second kappa shape index (κ2) is 7.96. The molecule has 0 unspecified atom stereocenters. The number of nitrogens with one attached hydrogen (secondary N) is 2. The molecule has 2 aliphatic rings. The van der Waals surface area contributed by atoms with E-state index in [0.29, 0.717) is 31.4 Å². The number of ether oxygens (including phenoxy) is 1. The van der Waals surface area contributed by atoms with Crippen molar-refractivity contribution < 1.29 is 9.53 Å². The zero-order valence-electron chi connectivity index (χ0n) is 15.3. The minimum atomic E-state index is -0.0534. The van der Waals surface area contributed by atoms with Crippen LogP contribution in [0, 0.1) is 5.92 Å². The molecule has 1 amide bonds. The van der Waals surface area contributed by atoms with Crippen molar-refractivity contribution in [2.24, 2.45) is 5.92 Å². The van der Waals surface area contributed by atoms with Gasteiger partial charge in [-0.25, -0.2) is 0 Å². The van der Waals surface area contributed by atoms with Crippen molar-refractivity contribution in [2.45, 2.75) is 24.8 Å². The smallest absolute Gasteiger partial charge is 0.251 e. The summed E-state index contributed by atoms with van der Waals surface area (Å²) in [6.07, 6.45) is 1.36. The molecular formula is C21H25N3O3. The monoisotopic (exact) mass is 367 g/mol. The van der Waals surface area contributed by atoms with Gasteiger partial charge in [-0.2, -0.15) is 0 Å². The van der Waals surface area contributed by atoms with E-state index in [-0.39, 0.29) is 17.5 Å². The predicted octanol–water partition coefficient (Wildman–Crippen LogP) is 1.68. The van der Waals surface area contributed by atoms with Gasteiger partial charge in [-0.15, -0.1) is 0 Å². The van der Waals surface area contributed by atoms with Crippen LogP contribution in [0.2, 0.25) is 0 Å². The standard InChI is InChI=1S/C21H25N3O3/c25-20(9-10-27-17-5-2-1-3-6-17)23-14-19-16-11-15(12-22-13-16)18-7-4-8-21(26)24(18)19/h1-8,15-16,19,22H,9-14H2,(H,23,25)/t15-,16+,19+/m1/s1. The molecule has 3 heterocycles. The molecule has 142 valence electrons. The van der Waals surface area contributed by atoms with Crippen molar-refractivity contribution in [3.05, 3.63) is 64.6 Å². The Balaban J connectivity index is 1.37. The number of aromatic nitrogens is 1. The fourth-order valence-corrected chi connectivity index (χ4v) is 4.25. The summed E-state index contributed by atoms with van der Waals surface area (Å²) < 4.78 is 7.49. The number of carbonyl (C=O) groups is 1. The number of rotatable bonds is 6. The summed E-state index contributed by atoms with van der Waals surface area (Å²) in [5.74, 6) is 1.45. The molecule has 0 radical (unpaired) electrons. The average molecular weight is 367 g/mol. The molecule has 1 fully saturated rings. The summed E-state index contributed by atoms with van der Waals surface area (Å²) in [5, 5.41) is 6.47. The first kappa shape index (κ1) is 17.8. The van der Waals surface area contributed by atoms with Crippen LogP contribution in [-0.4, -0.2) is 36.7 Å².